The van der Waals surface area contributed by atoms with E-state index in [2.05, 4.69) is 22.2 Å². The molecule has 2 aromatic rings. The molecule has 18 heavy (non-hydrogen) atoms. The fraction of sp³-hybridized carbons (Fsp3) is 0.467. The monoisotopic (exact) mass is 241 g/mol. The quantitative estimate of drug-likeness (QED) is 0.874. The molecule has 1 heterocycles. The van der Waals surface area contributed by atoms with Crippen molar-refractivity contribution in [2.24, 2.45) is 5.41 Å². The zero-order valence-electron chi connectivity index (χ0n) is 10.8. The lowest BCUT2D eigenvalue weighted by Crippen LogP contribution is -2.23. The van der Waals surface area contributed by atoms with E-state index in [1.807, 2.05) is 30.5 Å². The van der Waals surface area contributed by atoms with Crippen molar-refractivity contribution in [3.63, 3.8) is 0 Å². The van der Waals surface area contributed by atoms with Gasteiger partial charge in [0.1, 0.15) is 0 Å². The van der Waals surface area contributed by atoms with Crippen molar-refractivity contribution in [3.8, 4) is 0 Å². The molecule has 1 aliphatic carbocycles. The number of nitrogens with zero attached hydrogens (tertiary/aromatic N) is 2. The van der Waals surface area contributed by atoms with Gasteiger partial charge in [-0.15, -0.1) is 0 Å². The second-order valence-electron chi connectivity index (χ2n) is 5.31. The average Bonchev–Trinajstić information content (AvgIpc) is 3.19. The Morgan fingerprint density at radius 2 is 2.00 bits per heavy atom. The van der Waals surface area contributed by atoms with E-state index in [4.69, 9.17) is 0 Å². The van der Waals surface area contributed by atoms with Crippen LogP contribution >= 0.6 is 0 Å². The van der Waals surface area contributed by atoms with Crippen LogP contribution in [0.15, 0.2) is 30.5 Å². The molecule has 3 heteroatoms. The molecule has 1 N–H and O–H groups in total. The zero-order valence-corrected chi connectivity index (χ0v) is 10.8. The summed E-state index contributed by atoms with van der Waals surface area (Å²) in [6.45, 7) is 4.21. The van der Waals surface area contributed by atoms with E-state index in [0.29, 0.717) is 5.41 Å². The minimum Gasteiger partial charge on any atom is -0.311 e. The van der Waals surface area contributed by atoms with Crippen LogP contribution in [0.25, 0.3) is 11.0 Å². The highest BCUT2D eigenvalue weighted by molar-refractivity contribution is 5.73. The summed E-state index contributed by atoms with van der Waals surface area (Å²) in [4.78, 5) is 9.05. The Morgan fingerprint density at radius 1 is 1.22 bits per heavy atom. The lowest BCUT2D eigenvalue weighted by molar-refractivity contribution is 0.442. The van der Waals surface area contributed by atoms with Crippen LogP contribution in [0.3, 0.4) is 0 Å². The number of benzene rings is 1. The van der Waals surface area contributed by atoms with E-state index < -0.39 is 0 Å². The van der Waals surface area contributed by atoms with Gasteiger partial charge in [0.2, 0.25) is 0 Å². The van der Waals surface area contributed by atoms with E-state index in [0.717, 1.165) is 29.8 Å². The summed E-state index contributed by atoms with van der Waals surface area (Å²) in [5.41, 5.74) is 3.56. The van der Waals surface area contributed by atoms with Gasteiger partial charge in [0.15, 0.2) is 0 Å². The first-order valence-corrected chi connectivity index (χ1v) is 6.73. The summed E-state index contributed by atoms with van der Waals surface area (Å²) < 4.78 is 0. The van der Waals surface area contributed by atoms with Crippen molar-refractivity contribution in [1.29, 1.82) is 0 Å². The molecule has 0 bridgehead atoms. The summed E-state index contributed by atoms with van der Waals surface area (Å²) in [7, 11) is 0. The summed E-state index contributed by atoms with van der Waals surface area (Å²) in [6.07, 6.45) is 5.91. The maximum atomic E-state index is 4.62. The molecule has 1 fully saturated rings. The van der Waals surface area contributed by atoms with E-state index in [1.54, 1.807) is 0 Å². The fourth-order valence-corrected chi connectivity index (χ4v) is 2.37. The number of para-hydroxylation sites is 2. The molecule has 1 saturated carbocycles. The molecule has 0 aliphatic heterocycles. The summed E-state index contributed by atoms with van der Waals surface area (Å²) >= 11 is 0. The minimum atomic E-state index is 0.588. The van der Waals surface area contributed by atoms with Crippen molar-refractivity contribution in [2.75, 3.05) is 6.54 Å². The van der Waals surface area contributed by atoms with Gasteiger partial charge in [-0.2, -0.15) is 0 Å². The third kappa shape index (κ3) is 2.36. The maximum Gasteiger partial charge on any atom is 0.0890 e. The number of nitrogens with one attached hydrogen (secondary N) is 1. The van der Waals surface area contributed by atoms with Crippen molar-refractivity contribution < 1.29 is 0 Å². The SMILES string of the molecule is CCC1(CNCc2cnc3ccccc3n2)CC1. The van der Waals surface area contributed by atoms with E-state index in [1.165, 1.54) is 19.3 Å². The number of fused-ring (bicyclic) bond motifs is 1. The predicted molar refractivity (Wildman–Crippen MR) is 73.2 cm³/mol. The van der Waals surface area contributed by atoms with Crippen molar-refractivity contribution in [1.82, 2.24) is 15.3 Å². The first kappa shape index (κ1) is 11.6. The molecule has 0 atom stereocenters. The van der Waals surface area contributed by atoms with Gasteiger partial charge in [0.05, 0.1) is 22.9 Å². The fourth-order valence-electron chi connectivity index (χ4n) is 2.37. The molecule has 0 unspecified atom stereocenters. The van der Waals surface area contributed by atoms with E-state index in [9.17, 15) is 0 Å². The Balaban J connectivity index is 1.64. The van der Waals surface area contributed by atoms with Gasteiger partial charge in [-0.25, -0.2) is 4.98 Å². The highest BCUT2D eigenvalue weighted by Gasteiger charge is 2.39. The highest BCUT2D eigenvalue weighted by Crippen LogP contribution is 2.47. The first-order chi connectivity index (χ1) is 8.81. The van der Waals surface area contributed by atoms with Gasteiger partial charge in [-0.1, -0.05) is 19.1 Å². The van der Waals surface area contributed by atoms with Gasteiger partial charge in [-0.3, -0.25) is 4.98 Å². The number of hydrogen-bond donors (Lipinski definition) is 1. The van der Waals surface area contributed by atoms with Crippen molar-refractivity contribution in [2.45, 2.75) is 32.7 Å². The third-order valence-electron chi connectivity index (χ3n) is 4.01. The van der Waals surface area contributed by atoms with Crippen LogP contribution in [-0.4, -0.2) is 16.5 Å². The Morgan fingerprint density at radius 3 is 2.72 bits per heavy atom. The normalized spacial score (nSPS) is 16.9. The number of aromatic nitrogens is 2. The molecule has 0 saturated heterocycles. The molecular formula is C15H19N3. The second-order valence-corrected chi connectivity index (χ2v) is 5.31. The Bertz CT molecular complexity index is 546. The van der Waals surface area contributed by atoms with Crippen LogP contribution in [0, 0.1) is 5.41 Å². The lowest BCUT2D eigenvalue weighted by Gasteiger charge is -2.13. The second kappa shape index (κ2) is 4.65. The summed E-state index contributed by atoms with van der Waals surface area (Å²) in [5.74, 6) is 0. The average molecular weight is 241 g/mol. The Hall–Kier alpha value is -1.48. The van der Waals surface area contributed by atoms with Crippen LogP contribution in [0.1, 0.15) is 31.9 Å². The van der Waals surface area contributed by atoms with Gasteiger partial charge < -0.3 is 5.32 Å². The Kier molecular flexibility index (Phi) is 3.00. The molecular weight excluding hydrogens is 222 g/mol. The van der Waals surface area contributed by atoms with E-state index >= 15 is 0 Å². The van der Waals surface area contributed by atoms with Gasteiger partial charge in [0.25, 0.3) is 0 Å². The lowest BCUT2D eigenvalue weighted by atomic mass is 10.0. The van der Waals surface area contributed by atoms with Crippen molar-refractivity contribution >= 4 is 11.0 Å². The van der Waals surface area contributed by atoms with Gasteiger partial charge in [0, 0.05) is 13.1 Å². The third-order valence-corrected chi connectivity index (χ3v) is 4.01. The zero-order chi connectivity index (χ0) is 12.4. The molecule has 3 nitrogen and oxygen atoms in total. The number of rotatable bonds is 5. The van der Waals surface area contributed by atoms with Crippen molar-refractivity contribution in [3.05, 3.63) is 36.2 Å². The topological polar surface area (TPSA) is 37.8 Å². The molecule has 0 spiro atoms. The van der Waals surface area contributed by atoms with Crippen LogP contribution in [-0.2, 0) is 6.54 Å². The standard InChI is InChI=1S/C15H19N3/c1-2-15(7-8-15)11-16-9-12-10-17-13-5-3-4-6-14(13)18-12/h3-6,10,16H,2,7-9,11H2,1H3. The molecule has 3 rings (SSSR count). The first-order valence-electron chi connectivity index (χ1n) is 6.73. The van der Waals surface area contributed by atoms with Crippen LogP contribution in [0.5, 0.6) is 0 Å². The number of hydrogen-bond acceptors (Lipinski definition) is 3. The van der Waals surface area contributed by atoms with Crippen LogP contribution < -0.4 is 5.32 Å². The highest BCUT2D eigenvalue weighted by atomic mass is 14.9. The van der Waals surface area contributed by atoms with Gasteiger partial charge in [-0.05, 0) is 36.8 Å². The molecule has 1 aliphatic rings. The molecule has 1 aromatic carbocycles. The summed E-state index contributed by atoms with van der Waals surface area (Å²) in [5, 5.41) is 3.52. The smallest absolute Gasteiger partial charge is 0.0890 e. The van der Waals surface area contributed by atoms with Gasteiger partial charge >= 0.3 is 0 Å². The predicted octanol–water partition coefficient (Wildman–Crippen LogP) is 2.91. The van der Waals surface area contributed by atoms with Crippen LogP contribution in [0.4, 0.5) is 0 Å². The van der Waals surface area contributed by atoms with E-state index in [-0.39, 0.29) is 0 Å². The largest absolute Gasteiger partial charge is 0.311 e. The maximum absolute atomic E-state index is 4.62. The summed E-state index contributed by atoms with van der Waals surface area (Å²) in [6, 6.07) is 8.01. The Labute approximate surface area is 108 Å². The molecule has 1 aromatic heterocycles. The molecule has 94 valence electrons. The molecule has 0 amide bonds. The minimum absolute atomic E-state index is 0.588. The molecule has 0 radical (unpaired) electrons. The van der Waals surface area contributed by atoms with Crippen LogP contribution in [0.2, 0.25) is 0 Å².